The maximum Gasteiger partial charge on any atom is 0.273 e. The maximum atomic E-state index is 13.6. The van der Waals surface area contributed by atoms with Crippen LogP contribution in [0.1, 0.15) is 77.8 Å². The standard InChI is InChI=1S/C36H46FN5O3/c1-4-42(5-2)20-19-41(3)25-29-14-9-15-30(21-29)35(43)39-34-18-17-32(45-26-27-11-7-6-8-12-27)23-33(34)36(44)40-38-24-28-13-10-16-31(37)22-28/h9-10,13-18,21-24,27H,4-8,11-12,19-20,25-26H2,1-3H3,(H,39,43)(H,40,44)/b38-24+. The molecule has 0 aromatic heterocycles. The highest BCUT2D eigenvalue weighted by molar-refractivity contribution is 6.09. The Kier molecular flexibility index (Phi) is 13.1. The van der Waals surface area contributed by atoms with Crippen molar-refractivity contribution in [2.45, 2.75) is 52.5 Å². The van der Waals surface area contributed by atoms with Crippen molar-refractivity contribution in [3.63, 3.8) is 0 Å². The molecule has 0 bridgehead atoms. The summed E-state index contributed by atoms with van der Waals surface area (Å²) in [6, 6.07) is 18.5. The van der Waals surface area contributed by atoms with Gasteiger partial charge in [0.15, 0.2) is 0 Å². The average molecular weight is 616 g/mol. The fourth-order valence-electron chi connectivity index (χ4n) is 5.54. The second-order valence-electron chi connectivity index (χ2n) is 11.7. The zero-order valence-corrected chi connectivity index (χ0v) is 26.7. The number of rotatable bonds is 15. The Bertz CT molecular complexity index is 1440. The van der Waals surface area contributed by atoms with Gasteiger partial charge in [0.05, 0.1) is 24.1 Å². The summed E-state index contributed by atoms with van der Waals surface area (Å²) < 4.78 is 19.6. The zero-order valence-electron chi connectivity index (χ0n) is 26.7. The Labute approximate surface area is 266 Å². The lowest BCUT2D eigenvalue weighted by molar-refractivity contribution is 0.0955. The van der Waals surface area contributed by atoms with Gasteiger partial charge in [-0.15, -0.1) is 0 Å². The lowest BCUT2D eigenvalue weighted by Crippen LogP contribution is -2.32. The zero-order chi connectivity index (χ0) is 32.0. The van der Waals surface area contributed by atoms with Crippen molar-refractivity contribution in [3.8, 4) is 5.75 Å². The fourth-order valence-corrected chi connectivity index (χ4v) is 5.54. The molecule has 3 aromatic rings. The number of carbonyl (C=O) groups excluding carboxylic acids is 2. The van der Waals surface area contributed by atoms with E-state index in [-0.39, 0.29) is 11.5 Å². The van der Waals surface area contributed by atoms with Crippen molar-refractivity contribution in [1.29, 1.82) is 0 Å². The molecule has 0 radical (unpaired) electrons. The third kappa shape index (κ3) is 10.8. The number of hydrogen-bond acceptors (Lipinski definition) is 6. The molecule has 2 N–H and O–H groups in total. The van der Waals surface area contributed by atoms with Crippen molar-refractivity contribution < 1.29 is 18.7 Å². The monoisotopic (exact) mass is 615 g/mol. The van der Waals surface area contributed by atoms with E-state index in [1.54, 1.807) is 36.4 Å². The van der Waals surface area contributed by atoms with E-state index in [2.05, 4.69) is 46.5 Å². The average Bonchev–Trinajstić information content (AvgIpc) is 3.05. The minimum Gasteiger partial charge on any atom is -0.493 e. The number of nitrogens with one attached hydrogen (secondary N) is 2. The summed E-state index contributed by atoms with van der Waals surface area (Å²) in [6.07, 6.45) is 7.34. The smallest absolute Gasteiger partial charge is 0.273 e. The van der Waals surface area contributed by atoms with E-state index in [9.17, 15) is 14.0 Å². The van der Waals surface area contributed by atoms with Crippen LogP contribution in [0.15, 0.2) is 71.8 Å². The van der Waals surface area contributed by atoms with Gasteiger partial charge in [0.2, 0.25) is 0 Å². The van der Waals surface area contributed by atoms with Crippen molar-refractivity contribution in [3.05, 3.63) is 94.8 Å². The van der Waals surface area contributed by atoms with Gasteiger partial charge >= 0.3 is 0 Å². The van der Waals surface area contributed by atoms with Crippen LogP contribution < -0.4 is 15.5 Å². The number of halogens is 1. The minimum atomic E-state index is -0.523. The molecule has 0 saturated heterocycles. The molecule has 9 heteroatoms. The topological polar surface area (TPSA) is 86.3 Å². The highest BCUT2D eigenvalue weighted by Gasteiger charge is 2.18. The van der Waals surface area contributed by atoms with E-state index in [0.717, 1.165) is 44.6 Å². The molecule has 3 aromatic carbocycles. The number of hydrogen-bond donors (Lipinski definition) is 2. The van der Waals surface area contributed by atoms with Crippen molar-refractivity contribution >= 4 is 23.7 Å². The number of ether oxygens (including phenoxy) is 1. The van der Waals surface area contributed by atoms with Gasteiger partial charge in [-0.05, 0) is 92.5 Å². The third-order valence-corrected chi connectivity index (χ3v) is 8.26. The van der Waals surface area contributed by atoms with Gasteiger partial charge in [-0.3, -0.25) is 9.59 Å². The van der Waals surface area contributed by atoms with Crippen LogP contribution in [-0.2, 0) is 6.54 Å². The van der Waals surface area contributed by atoms with Gasteiger partial charge in [-0.25, -0.2) is 9.82 Å². The molecule has 0 heterocycles. The lowest BCUT2D eigenvalue weighted by atomic mass is 9.90. The van der Waals surface area contributed by atoms with Crippen LogP contribution in [0.3, 0.4) is 0 Å². The predicted molar refractivity (Wildman–Crippen MR) is 178 cm³/mol. The van der Waals surface area contributed by atoms with Gasteiger partial charge in [-0.1, -0.05) is 57.4 Å². The third-order valence-electron chi connectivity index (χ3n) is 8.26. The Hall–Kier alpha value is -4.08. The first-order valence-corrected chi connectivity index (χ1v) is 16.0. The molecule has 8 nitrogen and oxygen atoms in total. The molecular formula is C36H46FN5O3. The number of anilines is 1. The molecule has 45 heavy (non-hydrogen) atoms. The lowest BCUT2D eigenvalue weighted by Gasteiger charge is -2.23. The first-order chi connectivity index (χ1) is 21.8. The Morgan fingerprint density at radius 2 is 1.73 bits per heavy atom. The molecule has 0 spiro atoms. The summed E-state index contributed by atoms with van der Waals surface area (Å²) in [7, 11) is 2.08. The van der Waals surface area contributed by atoms with E-state index in [1.807, 2.05) is 18.2 Å². The number of likely N-dealkylation sites (N-methyl/N-ethyl adjacent to an activating group) is 2. The van der Waals surface area contributed by atoms with E-state index >= 15 is 0 Å². The molecule has 1 aliphatic carbocycles. The quantitative estimate of drug-likeness (QED) is 0.149. The van der Waals surface area contributed by atoms with E-state index in [1.165, 1.54) is 37.6 Å². The minimum absolute atomic E-state index is 0.216. The Balaban J connectivity index is 1.47. The second-order valence-corrected chi connectivity index (χ2v) is 11.7. The molecule has 0 atom stereocenters. The first kappa shape index (κ1) is 33.8. The summed E-state index contributed by atoms with van der Waals surface area (Å²) in [6.45, 7) is 9.58. The summed E-state index contributed by atoms with van der Waals surface area (Å²) in [5.41, 5.74) is 5.09. The fraction of sp³-hybridized carbons (Fsp3) is 0.417. The maximum absolute atomic E-state index is 13.6. The van der Waals surface area contributed by atoms with Crippen LogP contribution in [0, 0.1) is 11.7 Å². The summed E-state index contributed by atoms with van der Waals surface area (Å²) in [5, 5.41) is 6.92. The van der Waals surface area contributed by atoms with Crippen molar-refractivity contribution in [1.82, 2.24) is 15.2 Å². The second kappa shape index (κ2) is 17.4. The highest BCUT2D eigenvalue weighted by atomic mass is 19.1. The molecule has 1 saturated carbocycles. The van der Waals surface area contributed by atoms with Gasteiger partial charge in [0.1, 0.15) is 11.6 Å². The molecule has 4 rings (SSSR count). The van der Waals surface area contributed by atoms with Crippen LogP contribution in [0.5, 0.6) is 5.75 Å². The number of benzene rings is 3. The first-order valence-electron chi connectivity index (χ1n) is 16.0. The number of carbonyl (C=O) groups is 2. The SMILES string of the molecule is CCN(CC)CCN(C)Cc1cccc(C(=O)Nc2ccc(OCC3CCCCC3)cc2C(=O)N/N=C/c2cccc(F)c2)c1. The Morgan fingerprint density at radius 1 is 0.956 bits per heavy atom. The molecule has 0 unspecified atom stereocenters. The largest absolute Gasteiger partial charge is 0.493 e. The molecule has 2 amide bonds. The van der Waals surface area contributed by atoms with Gasteiger partial charge in [0.25, 0.3) is 11.8 Å². The number of amides is 2. The van der Waals surface area contributed by atoms with E-state index in [4.69, 9.17) is 4.74 Å². The van der Waals surface area contributed by atoms with E-state index < -0.39 is 11.7 Å². The predicted octanol–water partition coefficient (Wildman–Crippen LogP) is 6.57. The van der Waals surface area contributed by atoms with Gasteiger partial charge in [0, 0.05) is 25.2 Å². The normalized spacial score (nSPS) is 13.8. The molecular weight excluding hydrogens is 569 g/mol. The molecule has 0 aliphatic heterocycles. The van der Waals surface area contributed by atoms with Gasteiger partial charge < -0.3 is 19.9 Å². The van der Waals surface area contributed by atoms with Crippen molar-refractivity contribution in [2.24, 2.45) is 11.0 Å². The van der Waals surface area contributed by atoms with Crippen LogP contribution in [0.2, 0.25) is 0 Å². The summed E-state index contributed by atoms with van der Waals surface area (Å²) >= 11 is 0. The van der Waals surface area contributed by atoms with Gasteiger partial charge in [-0.2, -0.15) is 5.10 Å². The summed E-state index contributed by atoms with van der Waals surface area (Å²) in [5.74, 6) is -0.198. The van der Waals surface area contributed by atoms with Crippen LogP contribution in [-0.4, -0.2) is 67.7 Å². The molecule has 240 valence electrons. The van der Waals surface area contributed by atoms with Crippen LogP contribution >= 0.6 is 0 Å². The number of nitrogens with zero attached hydrogens (tertiary/aromatic N) is 3. The Morgan fingerprint density at radius 3 is 2.49 bits per heavy atom. The highest BCUT2D eigenvalue weighted by Crippen LogP contribution is 2.27. The van der Waals surface area contributed by atoms with Crippen LogP contribution in [0.4, 0.5) is 10.1 Å². The van der Waals surface area contributed by atoms with Crippen molar-refractivity contribution in [2.75, 3.05) is 45.2 Å². The molecule has 1 aliphatic rings. The molecule has 1 fully saturated rings. The number of hydrazone groups is 1. The summed E-state index contributed by atoms with van der Waals surface area (Å²) in [4.78, 5) is 31.3. The van der Waals surface area contributed by atoms with E-state index in [0.29, 0.717) is 41.6 Å². The van der Waals surface area contributed by atoms with Crippen LogP contribution in [0.25, 0.3) is 0 Å².